The number of rotatable bonds is 7. The average Bonchev–Trinajstić information content (AvgIpc) is 2.71. The number of hydrogen-bond donors (Lipinski definition) is 3. The Balaban J connectivity index is 2.15. The van der Waals surface area contributed by atoms with E-state index in [2.05, 4.69) is 22.4 Å². The summed E-state index contributed by atoms with van der Waals surface area (Å²) in [4.78, 5) is 4.33. The Labute approximate surface area is 170 Å². The maximum Gasteiger partial charge on any atom is 0.197 e. The topological polar surface area (TPSA) is 133 Å². The first-order valence-electron chi connectivity index (χ1n) is 9.11. The minimum atomic E-state index is 0.183. The van der Waals surface area contributed by atoms with Crippen molar-refractivity contribution >= 4 is 11.5 Å². The minimum Gasteiger partial charge on any atom is -0.441 e. The molecule has 0 aliphatic carbocycles. The van der Waals surface area contributed by atoms with E-state index in [-0.39, 0.29) is 18.4 Å². The van der Waals surface area contributed by atoms with Crippen LogP contribution in [-0.4, -0.2) is 12.5 Å². The Morgan fingerprint density at radius 2 is 1.62 bits per heavy atom. The third-order valence-corrected chi connectivity index (χ3v) is 4.31. The average molecular weight is 388 g/mol. The van der Waals surface area contributed by atoms with Gasteiger partial charge in [-0.3, -0.25) is 0 Å². The summed E-state index contributed by atoms with van der Waals surface area (Å²) in [7, 11) is 0. The van der Waals surface area contributed by atoms with Crippen LogP contribution in [0.2, 0.25) is 0 Å². The predicted molar refractivity (Wildman–Crippen MR) is 114 cm³/mol. The van der Waals surface area contributed by atoms with Crippen molar-refractivity contribution in [1.29, 1.82) is 10.5 Å². The Hall–Kier alpha value is -3.97. The van der Waals surface area contributed by atoms with E-state index in [9.17, 15) is 0 Å². The van der Waals surface area contributed by atoms with Gasteiger partial charge in [0.25, 0.3) is 0 Å². The first-order chi connectivity index (χ1) is 13.9. The number of nitrogens with one attached hydrogen (secondary N) is 1. The number of benzene rings is 2. The first kappa shape index (κ1) is 21.3. The maximum atomic E-state index is 9.07. The lowest BCUT2D eigenvalue weighted by Gasteiger charge is -2.15. The number of aryl methyl sites for hydroxylation is 2. The molecular weight excluding hydrogens is 364 g/mol. The second-order valence-corrected chi connectivity index (χ2v) is 6.42. The minimum absolute atomic E-state index is 0.183. The van der Waals surface area contributed by atoms with Crippen molar-refractivity contribution in [3.05, 3.63) is 70.1 Å². The molecule has 0 spiro atoms. The highest BCUT2D eigenvalue weighted by Gasteiger charge is 2.13. The number of anilines is 1. The lowest BCUT2D eigenvalue weighted by molar-refractivity contribution is 0.408. The highest BCUT2D eigenvalue weighted by molar-refractivity contribution is 5.97. The van der Waals surface area contributed by atoms with E-state index in [1.54, 1.807) is 36.4 Å². The zero-order valence-electron chi connectivity index (χ0n) is 16.8. The van der Waals surface area contributed by atoms with Gasteiger partial charge in [0.2, 0.25) is 0 Å². The molecule has 0 saturated heterocycles. The molecule has 0 aromatic heterocycles. The summed E-state index contributed by atoms with van der Waals surface area (Å²) >= 11 is 0. The number of aliphatic imine (C=N–C) groups is 1. The van der Waals surface area contributed by atoms with E-state index in [0.717, 1.165) is 16.8 Å². The number of ether oxygens (including phenoxy) is 1. The highest BCUT2D eigenvalue weighted by atomic mass is 16.5. The van der Waals surface area contributed by atoms with Gasteiger partial charge in [-0.05, 0) is 67.8 Å². The van der Waals surface area contributed by atoms with E-state index in [1.165, 1.54) is 0 Å². The Kier molecular flexibility index (Phi) is 7.22. The molecule has 7 nitrogen and oxygen atoms in total. The monoisotopic (exact) mass is 388 g/mol. The van der Waals surface area contributed by atoms with Crippen LogP contribution in [-0.2, 0) is 0 Å². The molecule has 0 radical (unpaired) electrons. The van der Waals surface area contributed by atoms with Gasteiger partial charge in [0.05, 0.1) is 28.8 Å². The molecule has 0 aliphatic rings. The van der Waals surface area contributed by atoms with Crippen molar-refractivity contribution in [3.63, 3.8) is 0 Å². The van der Waals surface area contributed by atoms with Gasteiger partial charge in [0.1, 0.15) is 18.3 Å². The van der Waals surface area contributed by atoms with Gasteiger partial charge in [-0.15, -0.1) is 0 Å². The third-order valence-electron chi connectivity index (χ3n) is 4.31. The second kappa shape index (κ2) is 9.82. The molecule has 0 atom stereocenters. The standard InChI is InChI=1S/C22H24N6O/c1-4-19(21(25)28-13-27-18-7-5-16(11-23)6-8-18)22(26)29-20-14(2)9-17(12-24)10-15(20)3/h5-10,27H,4,13,26H2,1-3H3,(H2,25,28). The van der Waals surface area contributed by atoms with Gasteiger partial charge >= 0.3 is 0 Å². The van der Waals surface area contributed by atoms with Crippen LogP contribution < -0.4 is 21.5 Å². The lowest BCUT2D eigenvalue weighted by atomic mass is 10.1. The molecule has 2 rings (SSSR count). The van der Waals surface area contributed by atoms with Crippen molar-refractivity contribution in [2.45, 2.75) is 27.2 Å². The van der Waals surface area contributed by atoms with E-state index >= 15 is 0 Å². The van der Waals surface area contributed by atoms with Gasteiger partial charge in [-0.2, -0.15) is 10.5 Å². The fraction of sp³-hybridized carbons (Fsp3) is 0.227. The summed E-state index contributed by atoms with van der Waals surface area (Å²) in [5.41, 5.74) is 16.5. The molecule has 148 valence electrons. The first-order valence-corrected chi connectivity index (χ1v) is 9.11. The molecule has 2 aromatic carbocycles. The molecule has 0 heterocycles. The molecular formula is C22H24N6O. The van der Waals surface area contributed by atoms with E-state index in [1.807, 2.05) is 20.8 Å². The maximum absolute atomic E-state index is 9.07. The number of amidine groups is 1. The van der Waals surface area contributed by atoms with E-state index < -0.39 is 0 Å². The molecule has 0 amide bonds. The van der Waals surface area contributed by atoms with Crippen LogP contribution >= 0.6 is 0 Å². The lowest BCUT2D eigenvalue weighted by Crippen LogP contribution is -2.23. The number of nitrogens with zero attached hydrogens (tertiary/aromatic N) is 3. The van der Waals surface area contributed by atoms with E-state index in [4.69, 9.17) is 26.7 Å². The summed E-state index contributed by atoms with van der Waals surface area (Å²) in [6.07, 6.45) is 0.548. The normalized spacial score (nSPS) is 11.8. The van der Waals surface area contributed by atoms with Crippen LogP contribution in [0, 0.1) is 36.5 Å². The quantitative estimate of drug-likeness (QED) is 0.378. The fourth-order valence-corrected chi connectivity index (χ4v) is 2.80. The fourth-order valence-electron chi connectivity index (χ4n) is 2.80. The van der Waals surface area contributed by atoms with Gasteiger partial charge in [-0.1, -0.05) is 6.92 Å². The largest absolute Gasteiger partial charge is 0.441 e. The summed E-state index contributed by atoms with van der Waals surface area (Å²) in [6, 6.07) is 14.7. The molecule has 29 heavy (non-hydrogen) atoms. The van der Waals surface area contributed by atoms with E-state index in [0.29, 0.717) is 28.9 Å². The molecule has 0 unspecified atom stereocenters. The number of nitrogens with two attached hydrogens (primary N) is 2. The van der Waals surface area contributed by atoms with Crippen LogP contribution in [0.5, 0.6) is 5.75 Å². The van der Waals surface area contributed by atoms with Crippen molar-refractivity contribution in [2.24, 2.45) is 16.5 Å². The van der Waals surface area contributed by atoms with Gasteiger partial charge in [0, 0.05) is 5.69 Å². The molecule has 5 N–H and O–H groups in total. The van der Waals surface area contributed by atoms with Crippen molar-refractivity contribution < 1.29 is 4.74 Å². The van der Waals surface area contributed by atoms with Gasteiger partial charge < -0.3 is 21.5 Å². The van der Waals surface area contributed by atoms with Crippen molar-refractivity contribution in [1.82, 2.24) is 0 Å². The smallest absolute Gasteiger partial charge is 0.197 e. The van der Waals surface area contributed by atoms with Crippen LogP contribution in [0.3, 0.4) is 0 Å². The number of hydrogen-bond acceptors (Lipinski definition) is 6. The molecule has 0 saturated carbocycles. The molecule has 2 aromatic rings. The summed E-state index contributed by atoms with van der Waals surface area (Å²) < 4.78 is 5.88. The third kappa shape index (κ3) is 5.50. The Morgan fingerprint density at radius 3 is 2.14 bits per heavy atom. The predicted octanol–water partition coefficient (Wildman–Crippen LogP) is 3.43. The van der Waals surface area contributed by atoms with Gasteiger partial charge in [0.15, 0.2) is 5.88 Å². The van der Waals surface area contributed by atoms with Crippen molar-refractivity contribution in [2.75, 3.05) is 12.0 Å². The second-order valence-electron chi connectivity index (χ2n) is 6.42. The van der Waals surface area contributed by atoms with Crippen LogP contribution in [0.15, 0.2) is 52.8 Å². The Morgan fingerprint density at radius 1 is 1.03 bits per heavy atom. The van der Waals surface area contributed by atoms with Crippen molar-refractivity contribution in [3.8, 4) is 17.9 Å². The summed E-state index contributed by atoms with van der Waals surface area (Å²) in [5, 5.41) is 21.0. The highest BCUT2D eigenvalue weighted by Crippen LogP contribution is 2.26. The number of nitriles is 2. The SMILES string of the molecule is CCC(C(N)=NCNc1ccc(C#N)cc1)=C(N)Oc1c(C)cc(C#N)cc1C. The molecule has 7 heteroatoms. The van der Waals surface area contributed by atoms with Crippen LogP contribution in [0.1, 0.15) is 35.6 Å². The van der Waals surface area contributed by atoms with Gasteiger partial charge in [-0.25, -0.2) is 4.99 Å². The summed E-state index contributed by atoms with van der Waals surface area (Å²) in [6.45, 7) is 5.89. The van der Waals surface area contributed by atoms with Crippen LogP contribution in [0.25, 0.3) is 0 Å². The summed E-state index contributed by atoms with van der Waals surface area (Å²) in [5.74, 6) is 1.08. The zero-order valence-corrected chi connectivity index (χ0v) is 16.8. The molecule has 0 aliphatic heterocycles. The van der Waals surface area contributed by atoms with Crippen LogP contribution in [0.4, 0.5) is 5.69 Å². The Bertz CT molecular complexity index is 1000. The molecule has 0 fully saturated rings. The molecule has 0 bridgehead atoms. The zero-order chi connectivity index (χ0) is 21.4.